The van der Waals surface area contributed by atoms with Gasteiger partial charge in [0.05, 0.1) is 17.0 Å². The average Bonchev–Trinajstić information content (AvgIpc) is 2.40. The summed E-state index contributed by atoms with van der Waals surface area (Å²) in [5.41, 5.74) is -2.25. The van der Waals surface area contributed by atoms with Crippen LogP contribution in [0.3, 0.4) is 0 Å². The van der Waals surface area contributed by atoms with Crippen molar-refractivity contribution >= 4 is 22.6 Å². The van der Waals surface area contributed by atoms with Gasteiger partial charge >= 0.3 is 5.97 Å². The Labute approximate surface area is 111 Å². The summed E-state index contributed by atoms with van der Waals surface area (Å²) >= 11 is 0. The normalized spacial score (nSPS) is 10.5. The van der Waals surface area contributed by atoms with E-state index < -0.39 is 38.8 Å². The first-order valence-corrected chi connectivity index (χ1v) is 5.62. The summed E-state index contributed by atoms with van der Waals surface area (Å²) in [5.74, 6) is -1.74. The van der Waals surface area contributed by atoms with Gasteiger partial charge in [-0.1, -0.05) is 0 Å². The van der Waals surface area contributed by atoms with E-state index >= 15 is 0 Å². The number of aromatic amines is 1. The molecule has 0 saturated heterocycles. The van der Waals surface area contributed by atoms with E-state index in [-0.39, 0.29) is 12.1 Å². The maximum atomic E-state index is 13.6. The number of hydrogen-bond acceptors (Lipinski definition) is 5. The molecule has 1 N–H and O–H groups in total. The van der Waals surface area contributed by atoms with Gasteiger partial charge in [-0.15, -0.1) is 0 Å². The van der Waals surface area contributed by atoms with Crippen molar-refractivity contribution in [3.63, 3.8) is 0 Å². The summed E-state index contributed by atoms with van der Waals surface area (Å²) < 4.78 is 18.2. The minimum absolute atomic E-state index is 0.0432. The van der Waals surface area contributed by atoms with Gasteiger partial charge in [-0.2, -0.15) is 0 Å². The number of ether oxygens (including phenoxy) is 1. The maximum Gasteiger partial charge on any atom is 0.343 e. The zero-order chi connectivity index (χ0) is 14.9. The summed E-state index contributed by atoms with van der Waals surface area (Å²) in [4.78, 5) is 36.2. The molecule has 0 atom stereocenters. The zero-order valence-electron chi connectivity index (χ0n) is 10.3. The second-order valence-electron chi connectivity index (χ2n) is 3.83. The molecule has 0 spiro atoms. The van der Waals surface area contributed by atoms with Crippen molar-refractivity contribution in [1.29, 1.82) is 0 Å². The van der Waals surface area contributed by atoms with Crippen LogP contribution in [0.5, 0.6) is 0 Å². The highest BCUT2D eigenvalue weighted by Gasteiger charge is 2.22. The molecule has 0 radical (unpaired) electrons. The number of carbonyl (C=O) groups excluding carboxylic acids is 1. The molecule has 0 aliphatic heterocycles. The van der Waals surface area contributed by atoms with Gasteiger partial charge < -0.3 is 9.72 Å². The zero-order valence-corrected chi connectivity index (χ0v) is 10.3. The number of nitrogens with zero attached hydrogens (tertiary/aromatic N) is 1. The molecule has 104 valence electrons. The van der Waals surface area contributed by atoms with Crippen LogP contribution in [-0.2, 0) is 4.74 Å². The van der Waals surface area contributed by atoms with Gasteiger partial charge in [0, 0.05) is 12.3 Å². The summed E-state index contributed by atoms with van der Waals surface area (Å²) in [6.45, 7) is 1.59. The number of benzene rings is 1. The van der Waals surface area contributed by atoms with Gasteiger partial charge in [0.15, 0.2) is 0 Å². The average molecular weight is 280 g/mol. The van der Waals surface area contributed by atoms with Crippen molar-refractivity contribution in [1.82, 2.24) is 4.98 Å². The number of non-ortho nitro benzene ring substituents is 1. The molecular weight excluding hydrogens is 271 g/mol. The van der Waals surface area contributed by atoms with Crippen LogP contribution in [0.1, 0.15) is 17.3 Å². The number of halogens is 1. The van der Waals surface area contributed by atoms with Gasteiger partial charge in [0.1, 0.15) is 16.8 Å². The van der Waals surface area contributed by atoms with E-state index in [0.29, 0.717) is 0 Å². The lowest BCUT2D eigenvalue weighted by Gasteiger charge is -2.04. The highest BCUT2D eigenvalue weighted by atomic mass is 19.1. The van der Waals surface area contributed by atoms with Crippen molar-refractivity contribution in [3.8, 4) is 0 Å². The van der Waals surface area contributed by atoms with Gasteiger partial charge in [-0.3, -0.25) is 14.9 Å². The van der Waals surface area contributed by atoms with E-state index in [9.17, 15) is 24.1 Å². The molecule has 8 heteroatoms. The largest absolute Gasteiger partial charge is 0.462 e. The molecule has 0 aliphatic rings. The van der Waals surface area contributed by atoms with E-state index in [4.69, 9.17) is 0 Å². The monoisotopic (exact) mass is 280 g/mol. The van der Waals surface area contributed by atoms with E-state index in [1.165, 1.54) is 0 Å². The van der Waals surface area contributed by atoms with Crippen molar-refractivity contribution in [3.05, 3.63) is 50.0 Å². The number of nitrogens with one attached hydrogen (secondary N) is 1. The van der Waals surface area contributed by atoms with Gasteiger partial charge in [0.2, 0.25) is 5.43 Å². The van der Waals surface area contributed by atoms with Crippen LogP contribution < -0.4 is 5.43 Å². The van der Waals surface area contributed by atoms with Crippen molar-refractivity contribution in [2.75, 3.05) is 6.61 Å². The molecule has 0 bridgehead atoms. The standard InChI is InChI=1S/C12H9FN2O5/c1-2-20-12(17)6-5-14-10-7(13)3-4-8(15(18)19)9(10)11(6)16/h3-5H,2H2,1H3,(H,14,16). The van der Waals surface area contributed by atoms with Crippen molar-refractivity contribution in [2.24, 2.45) is 0 Å². The van der Waals surface area contributed by atoms with Crippen LogP contribution in [0.4, 0.5) is 10.1 Å². The third-order valence-corrected chi connectivity index (χ3v) is 2.66. The van der Waals surface area contributed by atoms with Crippen LogP contribution in [0.15, 0.2) is 23.1 Å². The molecule has 20 heavy (non-hydrogen) atoms. The molecule has 2 rings (SSSR count). The Hall–Kier alpha value is -2.77. The fourth-order valence-electron chi connectivity index (χ4n) is 1.79. The number of hydrogen-bond donors (Lipinski definition) is 1. The van der Waals surface area contributed by atoms with E-state index in [0.717, 1.165) is 18.3 Å². The summed E-state index contributed by atoms with van der Waals surface area (Å²) in [6, 6.07) is 1.75. The topological polar surface area (TPSA) is 102 Å². The molecule has 1 aromatic heterocycles. The molecule has 0 aliphatic carbocycles. The number of H-pyrrole nitrogens is 1. The Morgan fingerprint density at radius 1 is 1.50 bits per heavy atom. The van der Waals surface area contributed by atoms with E-state index in [2.05, 4.69) is 9.72 Å². The summed E-state index contributed by atoms with van der Waals surface area (Å²) in [7, 11) is 0. The Morgan fingerprint density at radius 2 is 2.20 bits per heavy atom. The lowest BCUT2D eigenvalue weighted by atomic mass is 10.1. The summed E-state index contributed by atoms with van der Waals surface area (Å²) in [5, 5.41) is 10.4. The Balaban J connectivity index is 2.83. The predicted molar refractivity (Wildman–Crippen MR) is 67.1 cm³/mol. The van der Waals surface area contributed by atoms with Gasteiger partial charge in [0.25, 0.3) is 5.69 Å². The highest BCUT2D eigenvalue weighted by molar-refractivity contribution is 5.96. The van der Waals surface area contributed by atoms with Crippen molar-refractivity contribution in [2.45, 2.75) is 6.92 Å². The Kier molecular flexibility index (Phi) is 3.47. The third kappa shape index (κ3) is 2.11. The maximum absolute atomic E-state index is 13.6. The number of nitro groups is 1. The van der Waals surface area contributed by atoms with Crippen LogP contribution in [0, 0.1) is 15.9 Å². The molecule has 7 nitrogen and oxygen atoms in total. The lowest BCUT2D eigenvalue weighted by molar-refractivity contribution is -0.383. The van der Waals surface area contributed by atoms with E-state index in [1.807, 2.05) is 0 Å². The number of rotatable bonds is 3. The van der Waals surface area contributed by atoms with Crippen LogP contribution in [0.2, 0.25) is 0 Å². The molecule has 0 fully saturated rings. The van der Waals surface area contributed by atoms with Gasteiger partial charge in [-0.25, -0.2) is 9.18 Å². The third-order valence-electron chi connectivity index (χ3n) is 2.66. The summed E-state index contributed by atoms with van der Waals surface area (Å²) in [6.07, 6.45) is 0.982. The fourth-order valence-corrected chi connectivity index (χ4v) is 1.79. The Morgan fingerprint density at radius 3 is 2.80 bits per heavy atom. The number of esters is 1. The molecule has 1 aromatic carbocycles. The Bertz CT molecular complexity index is 768. The minimum Gasteiger partial charge on any atom is -0.462 e. The van der Waals surface area contributed by atoms with Crippen LogP contribution in [-0.4, -0.2) is 22.5 Å². The molecule has 1 heterocycles. The van der Waals surface area contributed by atoms with Gasteiger partial charge in [-0.05, 0) is 13.0 Å². The number of pyridine rings is 1. The highest BCUT2D eigenvalue weighted by Crippen LogP contribution is 2.23. The number of carbonyl (C=O) groups is 1. The molecule has 2 aromatic rings. The SMILES string of the molecule is CCOC(=O)c1c[nH]c2c(F)ccc([N+](=O)[O-])c2c1=O. The second kappa shape index (κ2) is 5.08. The second-order valence-corrected chi connectivity index (χ2v) is 3.83. The first kappa shape index (κ1) is 13.7. The quantitative estimate of drug-likeness (QED) is 0.524. The number of nitro benzene ring substituents is 1. The van der Waals surface area contributed by atoms with Crippen LogP contribution >= 0.6 is 0 Å². The first-order chi connectivity index (χ1) is 9.47. The molecular formula is C12H9FN2O5. The fraction of sp³-hybridized carbons (Fsp3) is 0.167. The smallest absolute Gasteiger partial charge is 0.343 e. The minimum atomic E-state index is -0.941. The van der Waals surface area contributed by atoms with E-state index in [1.54, 1.807) is 6.92 Å². The molecule has 0 amide bonds. The first-order valence-electron chi connectivity index (χ1n) is 5.62. The molecule has 0 unspecified atom stereocenters. The predicted octanol–water partition coefficient (Wildman–Crippen LogP) is 1.75. The van der Waals surface area contributed by atoms with Crippen LogP contribution in [0.25, 0.3) is 10.9 Å². The molecule has 0 saturated carbocycles. The number of fused-ring (bicyclic) bond motifs is 1. The number of aromatic nitrogens is 1. The van der Waals surface area contributed by atoms with Crippen molar-refractivity contribution < 1.29 is 18.8 Å². The lowest BCUT2D eigenvalue weighted by Crippen LogP contribution is -2.19.